The fraction of sp³-hybridized carbons (Fsp3) is 0.333. The van der Waals surface area contributed by atoms with Crippen molar-refractivity contribution in [2.45, 2.75) is 25.1 Å². The molecular weight excluding hydrogens is 374 g/mol. The maximum absolute atomic E-state index is 12.6. The number of alkyl halides is 3. The second kappa shape index (κ2) is 9.90. The van der Waals surface area contributed by atoms with Gasteiger partial charge in [0.2, 0.25) is 0 Å². The van der Waals surface area contributed by atoms with Crippen molar-refractivity contribution >= 4 is 24.0 Å². The monoisotopic (exact) mass is 393 g/mol. The van der Waals surface area contributed by atoms with Gasteiger partial charge in [-0.1, -0.05) is 23.7 Å². The zero-order valence-electron chi connectivity index (χ0n) is 13.6. The normalized spacial score (nSPS) is 12.4. The molecule has 0 aromatic heterocycles. The summed E-state index contributed by atoms with van der Waals surface area (Å²) in [6.45, 7) is 0.834. The molecule has 0 radical (unpaired) electrons. The quantitative estimate of drug-likeness (QED) is 0.591. The predicted octanol–water partition coefficient (Wildman–Crippen LogP) is 5.90. The van der Waals surface area contributed by atoms with Crippen LogP contribution in [0.25, 0.3) is 0 Å². The van der Waals surface area contributed by atoms with Crippen molar-refractivity contribution in [2.75, 3.05) is 13.6 Å². The number of nitrogens with one attached hydrogen (secondary N) is 1. The standard InChI is InChI=1S/C18H19ClF3NO.ClH/c1-23-12-2-3-17(13-4-8-15(19)9-5-13)24-16-10-6-14(7-11-16)18(20,21)22;/h4-11,17,23H,2-3,12H2,1H3;1H. The molecule has 25 heavy (non-hydrogen) atoms. The minimum absolute atomic E-state index is 0. The molecule has 0 aliphatic rings. The molecule has 1 unspecified atom stereocenters. The molecule has 0 aliphatic heterocycles. The Hall–Kier alpha value is -1.43. The zero-order chi connectivity index (χ0) is 17.6. The summed E-state index contributed by atoms with van der Waals surface area (Å²) in [6.07, 6.45) is -2.97. The highest BCUT2D eigenvalue weighted by Crippen LogP contribution is 2.32. The Morgan fingerprint density at radius 1 is 1.04 bits per heavy atom. The van der Waals surface area contributed by atoms with E-state index < -0.39 is 11.7 Å². The van der Waals surface area contributed by atoms with E-state index in [9.17, 15) is 13.2 Å². The average Bonchev–Trinajstić information content (AvgIpc) is 2.54. The molecule has 2 aromatic rings. The van der Waals surface area contributed by atoms with Crippen molar-refractivity contribution in [3.63, 3.8) is 0 Å². The SMILES string of the molecule is CNCCCC(Oc1ccc(C(F)(F)F)cc1)c1ccc(Cl)cc1.Cl. The first kappa shape index (κ1) is 21.6. The molecule has 7 heteroatoms. The van der Waals surface area contributed by atoms with Crippen molar-refractivity contribution < 1.29 is 17.9 Å². The molecule has 138 valence electrons. The van der Waals surface area contributed by atoms with E-state index in [1.165, 1.54) is 12.1 Å². The number of hydrogen-bond donors (Lipinski definition) is 1. The van der Waals surface area contributed by atoms with Crippen LogP contribution in [0.4, 0.5) is 13.2 Å². The summed E-state index contributed by atoms with van der Waals surface area (Å²) >= 11 is 5.91. The third-order valence-electron chi connectivity index (χ3n) is 3.59. The number of rotatable bonds is 7. The average molecular weight is 394 g/mol. The second-order valence-corrected chi connectivity index (χ2v) is 5.86. The van der Waals surface area contributed by atoms with Crippen LogP contribution in [-0.2, 0) is 6.18 Å². The number of benzene rings is 2. The Morgan fingerprint density at radius 3 is 2.16 bits per heavy atom. The minimum atomic E-state index is -4.35. The van der Waals surface area contributed by atoms with E-state index in [0.717, 1.165) is 37.1 Å². The summed E-state index contributed by atoms with van der Waals surface area (Å²) in [4.78, 5) is 0. The van der Waals surface area contributed by atoms with Crippen molar-refractivity contribution in [2.24, 2.45) is 0 Å². The summed E-state index contributed by atoms with van der Waals surface area (Å²) in [7, 11) is 1.87. The van der Waals surface area contributed by atoms with Crippen LogP contribution < -0.4 is 10.1 Å². The highest BCUT2D eigenvalue weighted by atomic mass is 35.5. The fourth-order valence-corrected chi connectivity index (χ4v) is 2.45. The molecule has 2 nitrogen and oxygen atoms in total. The molecule has 2 rings (SSSR count). The van der Waals surface area contributed by atoms with Crippen LogP contribution in [-0.4, -0.2) is 13.6 Å². The minimum Gasteiger partial charge on any atom is -0.486 e. The van der Waals surface area contributed by atoms with E-state index in [1.54, 1.807) is 12.1 Å². The first-order valence-corrected chi connectivity index (χ1v) is 8.02. The van der Waals surface area contributed by atoms with Gasteiger partial charge in [-0.15, -0.1) is 12.4 Å². The van der Waals surface area contributed by atoms with E-state index in [0.29, 0.717) is 10.8 Å². The lowest BCUT2D eigenvalue weighted by molar-refractivity contribution is -0.137. The van der Waals surface area contributed by atoms with Gasteiger partial charge in [-0.25, -0.2) is 0 Å². The van der Waals surface area contributed by atoms with E-state index in [-0.39, 0.29) is 18.5 Å². The third kappa shape index (κ3) is 6.77. The Morgan fingerprint density at radius 2 is 1.64 bits per heavy atom. The first-order chi connectivity index (χ1) is 11.4. The molecular formula is C18H20Cl2F3NO. The van der Waals surface area contributed by atoms with Crippen LogP contribution in [0.15, 0.2) is 48.5 Å². The van der Waals surface area contributed by atoms with Crippen molar-refractivity contribution in [1.29, 1.82) is 0 Å². The number of halogens is 5. The molecule has 1 atom stereocenters. The zero-order valence-corrected chi connectivity index (χ0v) is 15.2. The van der Waals surface area contributed by atoms with Gasteiger partial charge in [-0.2, -0.15) is 13.2 Å². The molecule has 0 bridgehead atoms. The van der Waals surface area contributed by atoms with Gasteiger partial charge in [0, 0.05) is 5.02 Å². The lowest BCUT2D eigenvalue weighted by atomic mass is 10.0. The van der Waals surface area contributed by atoms with Crippen LogP contribution in [0.5, 0.6) is 5.75 Å². The van der Waals surface area contributed by atoms with E-state index >= 15 is 0 Å². The second-order valence-electron chi connectivity index (χ2n) is 5.43. The van der Waals surface area contributed by atoms with E-state index in [4.69, 9.17) is 16.3 Å². The number of ether oxygens (including phenoxy) is 1. The highest BCUT2D eigenvalue weighted by molar-refractivity contribution is 6.30. The van der Waals surface area contributed by atoms with Gasteiger partial charge < -0.3 is 10.1 Å². The number of hydrogen-bond acceptors (Lipinski definition) is 2. The van der Waals surface area contributed by atoms with Gasteiger partial charge in [-0.05, 0) is 68.4 Å². The third-order valence-corrected chi connectivity index (χ3v) is 3.85. The molecule has 0 spiro atoms. The van der Waals surface area contributed by atoms with Gasteiger partial charge >= 0.3 is 6.18 Å². The maximum atomic E-state index is 12.6. The molecule has 0 saturated carbocycles. The maximum Gasteiger partial charge on any atom is 0.416 e. The first-order valence-electron chi connectivity index (χ1n) is 7.64. The topological polar surface area (TPSA) is 21.3 Å². The summed E-state index contributed by atoms with van der Waals surface area (Å²) in [5, 5.41) is 3.70. The Labute approximate surface area is 156 Å². The lowest BCUT2D eigenvalue weighted by Crippen LogP contribution is -2.13. The summed E-state index contributed by atoms with van der Waals surface area (Å²) in [5.74, 6) is 0.410. The van der Waals surface area contributed by atoms with Crippen LogP contribution in [0, 0.1) is 0 Å². The van der Waals surface area contributed by atoms with E-state index in [1.807, 2.05) is 19.2 Å². The van der Waals surface area contributed by atoms with Crippen LogP contribution in [0.2, 0.25) is 5.02 Å². The van der Waals surface area contributed by atoms with Crippen LogP contribution in [0.1, 0.15) is 30.1 Å². The van der Waals surface area contributed by atoms with E-state index in [2.05, 4.69) is 5.32 Å². The summed E-state index contributed by atoms with van der Waals surface area (Å²) < 4.78 is 43.8. The molecule has 2 aromatic carbocycles. The molecule has 0 fully saturated rings. The molecule has 1 N–H and O–H groups in total. The van der Waals surface area contributed by atoms with Gasteiger partial charge in [-0.3, -0.25) is 0 Å². The van der Waals surface area contributed by atoms with Crippen LogP contribution >= 0.6 is 24.0 Å². The molecule has 0 aliphatic carbocycles. The predicted molar refractivity (Wildman–Crippen MR) is 96.7 cm³/mol. The molecule has 0 heterocycles. The largest absolute Gasteiger partial charge is 0.486 e. The van der Waals surface area contributed by atoms with Crippen molar-refractivity contribution in [3.05, 3.63) is 64.7 Å². The molecule has 0 saturated heterocycles. The highest BCUT2D eigenvalue weighted by Gasteiger charge is 2.30. The summed E-state index contributed by atoms with van der Waals surface area (Å²) in [5.41, 5.74) is 0.253. The van der Waals surface area contributed by atoms with Crippen molar-refractivity contribution in [3.8, 4) is 5.75 Å². The molecule has 0 amide bonds. The van der Waals surface area contributed by atoms with Gasteiger partial charge in [0.1, 0.15) is 11.9 Å². The van der Waals surface area contributed by atoms with Crippen molar-refractivity contribution in [1.82, 2.24) is 5.32 Å². The van der Waals surface area contributed by atoms with Gasteiger partial charge in [0.25, 0.3) is 0 Å². The summed E-state index contributed by atoms with van der Waals surface area (Å²) in [6, 6.07) is 12.1. The van der Waals surface area contributed by atoms with Crippen LogP contribution in [0.3, 0.4) is 0 Å². The van der Waals surface area contributed by atoms with Gasteiger partial charge in [0.05, 0.1) is 5.56 Å². The Kier molecular flexibility index (Phi) is 8.56. The van der Waals surface area contributed by atoms with Gasteiger partial charge in [0.15, 0.2) is 0 Å². The lowest BCUT2D eigenvalue weighted by Gasteiger charge is -2.20. The Balaban J connectivity index is 0.00000312. The fourth-order valence-electron chi connectivity index (χ4n) is 2.32. The smallest absolute Gasteiger partial charge is 0.416 e. The Bertz CT molecular complexity index is 630.